The molecule has 3 unspecified atom stereocenters. The van der Waals surface area contributed by atoms with Crippen molar-refractivity contribution >= 4 is 11.9 Å². The molecule has 0 aromatic heterocycles. The quantitative estimate of drug-likeness (QED) is 0.108. The van der Waals surface area contributed by atoms with Gasteiger partial charge in [-0.2, -0.15) is 12.1 Å². The largest absolute Gasteiger partial charge is 0.676 e. The van der Waals surface area contributed by atoms with E-state index in [1.54, 1.807) is 5.57 Å². The van der Waals surface area contributed by atoms with Crippen LogP contribution in [0.5, 0.6) is 0 Å². The van der Waals surface area contributed by atoms with Crippen LogP contribution in [0.3, 0.4) is 0 Å². The van der Waals surface area contributed by atoms with Crippen molar-refractivity contribution in [1.29, 1.82) is 0 Å². The van der Waals surface area contributed by atoms with Crippen molar-refractivity contribution in [2.75, 3.05) is 26.2 Å². The standard InChI is InChI=1S/C34H57NO5.C6H12N2.Pt/c1-23(2)8-7-9-24(3)28-12-13-29-27-11-10-25-20-26(14-16-33(25,4)30(27)15-17-34(28,29)5)40-19-18-35(6,21-31(36)37)22-32(38)39;7-5-3-1-2-4-6(5)8;/h10,23-24,26-30H,6-9,11-22H2,1-5H3,(H,36,37)(H,38,39);5-8H,1-4H2;/q;-2;/t24-,26+,27?,28-,29?,30?,33+,34-;5-,6-;/m11./s1. The minimum Gasteiger partial charge on any atom is -0.676 e. The van der Waals surface area contributed by atoms with E-state index >= 15 is 0 Å². The summed E-state index contributed by atoms with van der Waals surface area (Å²) in [6.45, 7) is 12.4. The maximum Gasteiger partial charge on any atom is 0.357 e. The molecule has 4 fully saturated rings. The fourth-order valence-electron chi connectivity index (χ4n) is 11.1. The van der Waals surface area contributed by atoms with Crippen LogP contribution < -0.4 is 0 Å². The van der Waals surface area contributed by atoms with Crippen molar-refractivity contribution in [2.24, 2.45) is 46.3 Å². The fraction of sp³-hybridized carbons (Fsp3) is 0.875. The van der Waals surface area contributed by atoms with Gasteiger partial charge in [0.1, 0.15) is 0 Å². The predicted octanol–water partition coefficient (Wildman–Crippen LogP) is 9.59. The molecule has 0 spiro atoms. The zero-order valence-corrected chi connectivity index (χ0v) is 33.6. The van der Waals surface area contributed by atoms with Crippen LogP contribution in [0.25, 0.3) is 11.5 Å². The Balaban J connectivity index is 0.000000634. The van der Waals surface area contributed by atoms with Crippen LogP contribution in [0.1, 0.15) is 131 Å². The van der Waals surface area contributed by atoms with E-state index in [-0.39, 0.29) is 68.8 Å². The molecule has 5 aliphatic carbocycles. The van der Waals surface area contributed by atoms with Crippen molar-refractivity contribution < 1.29 is 50.1 Å². The van der Waals surface area contributed by atoms with Crippen LogP contribution in [0.15, 0.2) is 11.6 Å². The van der Waals surface area contributed by atoms with E-state index in [1.807, 2.05) is 0 Å². The van der Waals surface area contributed by atoms with E-state index in [2.05, 4.69) is 47.7 Å². The molecule has 8 nitrogen and oxygen atoms in total. The number of carboxylic acid groups (broad SMARTS) is 2. The molecule has 10 atom stereocenters. The van der Waals surface area contributed by atoms with E-state index in [9.17, 15) is 19.8 Å². The molecule has 0 aromatic rings. The van der Waals surface area contributed by atoms with E-state index in [0.717, 1.165) is 67.6 Å². The maximum atomic E-state index is 11.3. The van der Waals surface area contributed by atoms with Gasteiger partial charge in [-0.3, -0.25) is 0 Å². The Morgan fingerprint density at radius 1 is 0.939 bits per heavy atom. The molecule has 286 valence electrons. The van der Waals surface area contributed by atoms with Crippen LogP contribution in [0.4, 0.5) is 0 Å². The van der Waals surface area contributed by atoms with Crippen molar-refractivity contribution in [1.82, 2.24) is 0 Å². The first-order valence-electron chi connectivity index (χ1n) is 19.5. The molecule has 5 aliphatic rings. The fourth-order valence-corrected chi connectivity index (χ4v) is 11.1. The molecule has 0 amide bonds. The van der Waals surface area contributed by atoms with Crippen LogP contribution in [0.2, 0.25) is 0 Å². The number of carbonyl (C=O) groups is 2. The summed E-state index contributed by atoms with van der Waals surface area (Å²) in [6, 6.07) is -0.160. The molecule has 9 heteroatoms. The number of rotatable bonds is 13. The number of nitrogens with one attached hydrogen (secondary N) is 2. The third kappa shape index (κ3) is 10.6. The van der Waals surface area contributed by atoms with Crippen molar-refractivity contribution in [3.8, 4) is 0 Å². The van der Waals surface area contributed by atoms with Crippen molar-refractivity contribution in [2.45, 2.75) is 149 Å². The van der Waals surface area contributed by atoms with Gasteiger partial charge in [0, 0.05) is 21.1 Å². The molecule has 4 saturated carbocycles. The Morgan fingerprint density at radius 3 is 2.14 bits per heavy atom. The Morgan fingerprint density at radius 2 is 1.57 bits per heavy atom. The Bertz CT molecular complexity index is 1090. The van der Waals surface area contributed by atoms with Crippen LogP contribution >= 0.6 is 0 Å². The number of aliphatic carboxylic acids is 2. The van der Waals surface area contributed by atoms with Crippen LogP contribution in [0, 0.1) is 53.4 Å². The van der Waals surface area contributed by atoms with Gasteiger partial charge in [0.25, 0.3) is 0 Å². The first-order valence-corrected chi connectivity index (χ1v) is 19.5. The molecule has 49 heavy (non-hydrogen) atoms. The van der Waals surface area contributed by atoms with Gasteiger partial charge >= 0.3 is 11.9 Å². The summed E-state index contributed by atoms with van der Waals surface area (Å²) in [5.41, 5.74) is 16.9. The molecule has 0 bridgehead atoms. The number of ether oxygens (including phenoxy) is 1. The van der Waals surface area contributed by atoms with Gasteiger partial charge < -0.3 is 30.9 Å². The van der Waals surface area contributed by atoms with E-state index in [0.29, 0.717) is 12.0 Å². The summed E-state index contributed by atoms with van der Waals surface area (Å²) in [5.74, 6) is 2.90. The molecule has 0 saturated heterocycles. The second-order valence-electron chi connectivity index (χ2n) is 17.7. The molecule has 0 aromatic carbocycles. The summed E-state index contributed by atoms with van der Waals surface area (Å²) >= 11 is 0. The third-order valence-corrected chi connectivity index (χ3v) is 13.9. The number of hydrogen-bond donors (Lipinski definition) is 2. The average Bonchev–Trinajstić information content (AvgIpc) is 3.35. The second kappa shape index (κ2) is 18.3. The minimum absolute atomic E-state index is 0. The van der Waals surface area contributed by atoms with E-state index < -0.39 is 11.9 Å². The maximum absolute atomic E-state index is 11.3. The monoisotopic (exact) mass is 866 g/mol. The van der Waals surface area contributed by atoms with E-state index in [4.69, 9.17) is 16.2 Å². The van der Waals surface area contributed by atoms with Crippen molar-refractivity contribution in [3.05, 3.63) is 30.2 Å². The van der Waals surface area contributed by atoms with Gasteiger partial charge in [0.15, 0.2) is 13.1 Å². The van der Waals surface area contributed by atoms with Gasteiger partial charge in [-0.25, -0.2) is 9.59 Å². The molecular formula is C40H69N3O5Pt-2. The third-order valence-electron chi connectivity index (χ3n) is 13.9. The SMILES string of the molecule is [CH2-][N+](CCO[C@H]1CC[C@@]2(C)C(=CCC3C2CC[C@@]2(C)C3CC[C@@H]2[C@H](C)CCCC(C)C)C1)(CC(=O)O)CC(=O)O.[NH-][C@@H]1CCCC[C@H]1[NH-].[Pt]. The Hall–Kier alpha value is -0.792. The molecule has 5 rings (SSSR count). The number of carboxylic acids is 2. The summed E-state index contributed by atoms with van der Waals surface area (Å²) in [5, 5.41) is 18.5. The van der Waals surface area contributed by atoms with Gasteiger partial charge in [0.05, 0.1) is 19.3 Å². The summed E-state index contributed by atoms with van der Waals surface area (Å²) in [6.07, 6.45) is 21.0. The molecule has 0 heterocycles. The average molecular weight is 867 g/mol. The summed E-state index contributed by atoms with van der Waals surface area (Å²) < 4.78 is 5.97. The zero-order chi connectivity index (χ0) is 35.3. The van der Waals surface area contributed by atoms with Crippen molar-refractivity contribution in [3.63, 3.8) is 0 Å². The number of nitrogens with zero attached hydrogens (tertiary/aromatic N) is 1. The smallest absolute Gasteiger partial charge is 0.357 e. The Kier molecular flexibility index (Phi) is 15.9. The van der Waals surface area contributed by atoms with Crippen LogP contribution in [-0.2, 0) is 35.4 Å². The van der Waals surface area contributed by atoms with Gasteiger partial charge in [-0.15, -0.1) is 7.05 Å². The van der Waals surface area contributed by atoms with E-state index in [1.165, 1.54) is 64.2 Å². The predicted molar refractivity (Wildman–Crippen MR) is 193 cm³/mol. The molecule has 0 radical (unpaired) electrons. The van der Waals surface area contributed by atoms with Crippen LogP contribution in [-0.4, -0.2) is 71.1 Å². The molecular weight excluding hydrogens is 798 g/mol. The zero-order valence-electron chi connectivity index (χ0n) is 31.3. The number of fused-ring (bicyclic) bond motifs is 5. The number of allylic oxidation sites excluding steroid dienone is 1. The topological polar surface area (TPSA) is 131 Å². The van der Waals surface area contributed by atoms with Gasteiger partial charge in [0.2, 0.25) is 0 Å². The first-order chi connectivity index (χ1) is 22.6. The normalized spacial score (nSPS) is 36.2. The first kappa shape index (κ1) is 42.6. The Labute approximate surface area is 312 Å². The number of quaternary nitrogens is 1. The van der Waals surface area contributed by atoms with Gasteiger partial charge in [-0.1, -0.05) is 91.2 Å². The minimum atomic E-state index is -1.04. The van der Waals surface area contributed by atoms with Gasteiger partial charge in [-0.05, 0) is 97.7 Å². The molecule has 0 aliphatic heterocycles. The summed E-state index contributed by atoms with van der Waals surface area (Å²) in [7, 11) is 3.91. The molecule has 4 N–H and O–H groups in total. The summed E-state index contributed by atoms with van der Waals surface area (Å²) in [4.78, 5) is 22.6. The number of hydrogen-bond acceptors (Lipinski definition) is 3. The second-order valence-corrected chi connectivity index (χ2v) is 17.7.